The largest absolute Gasteiger partial charge is 0.494 e. The summed E-state index contributed by atoms with van der Waals surface area (Å²) in [6, 6.07) is 10.9. The zero-order chi connectivity index (χ0) is 17.3. The quantitative estimate of drug-likeness (QED) is 0.851. The summed E-state index contributed by atoms with van der Waals surface area (Å²) in [4.78, 5) is 0.320. The van der Waals surface area contributed by atoms with Crippen LogP contribution in [0.2, 0.25) is 0 Å². The van der Waals surface area contributed by atoms with E-state index in [1.807, 2.05) is 45.0 Å². The fourth-order valence-electron chi connectivity index (χ4n) is 3.09. The molecular weight excluding hydrogens is 326 g/mol. The molecule has 1 fully saturated rings. The summed E-state index contributed by atoms with van der Waals surface area (Å²) in [7, 11) is -3.52. The zero-order valence-corrected chi connectivity index (χ0v) is 15.0. The molecule has 0 aliphatic carbocycles. The molecule has 130 valence electrons. The molecule has 0 amide bonds. The van der Waals surface area contributed by atoms with E-state index in [-0.39, 0.29) is 12.2 Å². The first kappa shape index (κ1) is 17.2. The molecule has 1 saturated heterocycles. The summed E-state index contributed by atoms with van der Waals surface area (Å²) in [6.45, 7) is 7.10. The van der Waals surface area contributed by atoms with Crippen LogP contribution in [0.3, 0.4) is 0 Å². The van der Waals surface area contributed by atoms with Crippen molar-refractivity contribution in [3.8, 4) is 5.75 Å². The number of nitrogens with zero attached hydrogens (tertiary/aromatic N) is 1. The second kappa shape index (κ2) is 6.70. The van der Waals surface area contributed by atoms with E-state index in [0.29, 0.717) is 24.6 Å². The standard InChI is InChI=1S/C18H23NO4S/c1-4-22-17-7-5-16-10-18(8-6-15(16)9-17)24(20,21)19-11-13(2)23-14(3)12-19/h5-10,13-14H,4,11-12H2,1-3H3/t13-,14-/m1/s1. The van der Waals surface area contributed by atoms with Gasteiger partial charge in [0.1, 0.15) is 5.75 Å². The van der Waals surface area contributed by atoms with Crippen molar-refractivity contribution in [3.05, 3.63) is 36.4 Å². The Morgan fingerprint density at radius 1 is 1.08 bits per heavy atom. The van der Waals surface area contributed by atoms with Gasteiger partial charge in [0.25, 0.3) is 0 Å². The molecule has 0 spiro atoms. The molecule has 0 radical (unpaired) electrons. The molecule has 0 unspecified atom stereocenters. The highest BCUT2D eigenvalue weighted by molar-refractivity contribution is 7.89. The van der Waals surface area contributed by atoms with Gasteiger partial charge in [-0.25, -0.2) is 8.42 Å². The van der Waals surface area contributed by atoms with Gasteiger partial charge in [-0.3, -0.25) is 0 Å². The van der Waals surface area contributed by atoms with E-state index in [9.17, 15) is 8.42 Å². The average molecular weight is 349 g/mol. The maximum Gasteiger partial charge on any atom is 0.243 e. The highest BCUT2D eigenvalue weighted by Gasteiger charge is 2.32. The minimum absolute atomic E-state index is 0.0993. The third-order valence-electron chi connectivity index (χ3n) is 4.12. The number of benzene rings is 2. The average Bonchev–Trinajstić information content (AvgIpc) is 2.53. The lowest BCUT2D eigenvalue weighted by atomic mass is 10.1. The Bertz CT molecular complexity index is 824. The smallest absolute Gasteiger partial charge is 0.243 e. The maximum absolute atomic E-state index is 12.9. The summed E-state index contributed by atoms with van der Waals surface area (Å²) in [5.74, 6) is 0.788. The molecule has 0 N–H and O–H groups in total. The molecule has 24 heavy (non-hydrogen) atoms. The van der Waals surface area contributed by atoms with Crippen LogP contribution >= 0.6 is 0 Å². The molecule has 2 aromatic carbocycles. The fourth-order valence-corrected chi connectivity index (χ4v) is 4.72. The van der Waals surface area contributed by atoms with Crippen LogP contribution < -0.4 is 4.74 Å². The van der Waals surface area contributed by atoms with Crippen molar-refractivity contribution in [2.45, 2.75) is 37.9 Å². The van der Waals surface area contributed by atoms with Crippen LogP contribution in [-0.2, 0) is 14.8 Å². The van der Waals surface area contributed by atoms with Gasteiger partial charge in [0, 0.05) is 13.1 Å². The highest BCUT2D eigenvalue weighted by atomic mass is 32.2. The number of rotatable bonds is 4. The van der Waals surface area contributed by atoms with Gasteiger partial charge in [-0.05, 0) is 55.8 Å². The first-order valence-electron chi connectivity index (χ1n) is 8.22. The van der Waals surface area contributed by atoms with Crippen molar-refractivity contribution >= 4 is 20.8 Å². The van der Waals surface area contributed by atoms with Gasteiger partial charge in [-0.15, -0.1) is 0 Å². The third-order valence-corrected chi connectivity index (χ3v) is 5.95. The van der Waals surface area contributed by atoms with Gasteiger partial charge in [-0.2, -0.15) is 4.31 Å². The van der Waals surface area contributed by atoms with E-state index < -0.39 is 10.0 Å². The molecule has 3 rings (SSSR count). The predicted molar refractivity (Wildman–Crippen MR) is 93.9 cm³/mol. The summed E-state index contributed by atoms with van der Waals surface area (Å²) in [6.07, 6.45) is -0.199. The molecule has 2 aromatic rings. The van der Waals surface area contributed by atoms with E-state index in [1.54, 1.807) is 12.1 Å². The van der Waals surface area contributed by atoms with Gasteiger partial charge in [-0.1, -0.05) is 12.1 Å². The molecule has 0 bridgehead atoms. The Kier molecular flexibility index (Phi) is 4.80. The van der Waals surface area contributed by atoms with Crippen molar-refractivity contribution in [2.75, 3.05) is 19.7 Å². The van der Waals surface area contributed by atoms with Crippen LogP contribution in [0.4, 0.5) is 0 Å². The topological polar surface area (TPSA) is 55.8 Å². The monoisotopic (exact) mass is 349 g/mol. The van der Waals surface area contributed by atoms with Crippen LogP contribution in [0.1, 0.15) is 20.8 Å². The Balaban J connectivity index is 1.94. The Labute approximate surface area is 143 Å². The lowest BCUT2D eigenvalue weighted by molar-refractivity contribution is -0.0440. The summed E-state index contributed by atoms with van der Waals surface area (Å²) < 4.78 is 38.5. The highest BCUT2D eigenvalue weighted by Crippen LogP contribution is 2.27. The van der Waals surface area contributed by atoms with Crippen molar-refractivity contribution in [1.82, 2.24) is 4.31 Å². The van der Waals surface area contributed by atoms with Crippen LogP contribution in [0.25, 0.3) is 10.8 Å². The van der Waals surface area contributed by atoms with Crippen molar-refractivity contribution in [3.63, 3.8) is 0 Å². The second-order valence-corrected chi connectivity index (χ2v) is 8.12. The van der Waals surface area contributed by atoms with E-state index in [4.69, 9.17) is 9.47 Å². The second-order valence-electron chi connectivity index (χ2n) is 6.18. The van der Waals surface area contributed by atoms with E-state index in [0.717, 1.165) is 16.5 Å². The van der Waals surface area contributed by atoms with Crippen LogP contribution in [0.5, 0.6) is 5.75 Å². The lowest BCUT2D eigenvalue weighted by Crippen LogP contribution is -2.48. The van der Waals surface area contributed by atoms with E-state index in [1.165, 1.54) is 4.31 Å². The van der Waals surface area contributed by atoms with Crippen molar-refractivity contribution in [2.24, 2.45) is 0 Å². The van der Waals surface area contributed by atoms with Crippen LogP contribution in [-0.4, -0.2) is 44.6 Å². The summed E-state index contributed by atoms with van der Waals surface area (Å²) >= 11 is 0. The van der Waals surface area contributed by atoms with Gasteiger partial charge in [0.15, 0.2) is 0 Å². The first-order chi connectivity index (χ1) is 11.4. The minimum atomic E-state index is -3.52. The first-order valence-corrected chi connectivity index (χ1v) is 9.66. The summed E-state index contributed by atoms with van der Waals surface area (Å²) in [5, 5.41) is 1.84. The molecule has 5 nitrogen and oxygen atoms in total. The van der Waals surface area contributed by atoms with Gasteiger partial charge in [0.05, 0.1) is 23.7 Å². The molecule has 0 aromatic heterocycles. The number of sulfonamides is 1. The van der Waals surface area contributed by atoms with Crippen LogP contribution in [0.15, 0.2) is 41.3 Å². The molecular formula is C18H23NO4S. The van der Waals surface area contributed by atoms with Crippen molar-refractivity contribution in [1.29, 1.82) is 0 Å². The summed E-state index contributed by atoms with van der Waals surface area (Å²) in [5.41, 5.74) is 0. The zero-order valence-electron chi connectivity index (χ0n) is 14.2. The molecule has 0 saturated carbocycles. The minimum Gasteiger partial charge on any atom is -0.494 e. The Morgan fingerprint density at radius 2 is 1.71 bits per heavy atom. The number of ether oxygens (including phenoxy) is 2. The molecule has 1 aliphatic rings. The molecule has 2 atom stereocenters. The van der Waals surface area contributed by atoms with Gasteiger partial charge >= 0.3 is 0 Å². The number of fused-ring (bicyclic) bond motifs is 1. The Morgan fingerprint density at radius 3 is 2.38 bits per heavy atom. The maximum atomic E-state index is 12.9. The van der Waals surface area contributed by atoms with Gasteiger partial charge < -0.3 is 9.47 Å². The SMILES string of the molecule is CCOc1ccc2cc(S(=O)(=O)N3C[C@@H](C)O[C@H](C)C3)ccc2c1. The van der Waals surface area contributed by atoms with E-state index in [2.05, 4.69) is 0 Å². The number of hydrogen-bond acceptors (Lipinski definition) is 4. The normalized spacial score (nSPS) is 22.6. The lowest BCUT2D eigenvalue weighted by Gasteiger charge is -2.34. The van der Waals surface area contributed by atoms with Crippen LogP contribution in [0, 0.1) is 0 Å². The predicted octanol–water partition coefficient (Wildman–Crippen LogP) is 3.04. The Hall–Kier alpha value is -1.63. The fraction of sp³-hybridized carbons (Fsp3) is 0.444. The van der Waals surface area contributed by atoms with Crippen molar-refractivity contribution < 1.29 is 17.9 Å². The van der Waals surface area contributed by atoms with E-state index >= 15 is 0 Å². The molecule has 1 aliphatic heterocycles. The molecule has 6 heteroatoms. The third kappa shape index (κ3) is 3.41. The molecule has 1 heterocycles. The van der Waals surface area contributed by atoms with Gasteiger partial charge in [0.2, 0.25) is 10.0 Å². The number of hydrogen-bond donors (Lipinski definition) is 0. The number of morpholine rings is 1.